The summed E-state index contributed by atoms with van der Waals surface area (Å²) in [6.07, 6.45) is 2.40. The van der Waals surface area contributed by atoms with Crippen LogP contribution in [0.2, 0.25) is 0 Å². The zero-order valence-electron chi connectivity index (χ0n) is 9.88. The molecule has 3 rings (SSSR count). The first-order valence-corrected chi connectivity index (χ1v) is 6.86. The van der Waals surface area contributed by atoms with E-state index in [1.807, 2.05) is 0 Å². The Bertz CT molecular complexity index is 442. The molecule has 2 aliphatic heterocycles. The minimum Gasteiger partial charge on any atom is -0.453 e. The Balaban J connectivity index is 2.02. The summed E-state index contributed by atoms with van der Waals surface area (Å²) in [6, 6.07) is 2.21. The number of piperidine rings is 1. The summed E-state index contributed by atoms with van der Waals surface area (Å²) in [5.74, 6) is 2.43. The van der Waals surface area contributed by atoms with Gasteiger partial charge in [-0.05, 0) is 71.9 Å². The highest BCUT2D eigenvalue weighted by atomic mass is 79.9. The van der Waals surface area contributed by atoms with Gasteiger partial charge in [0.25, 0.3) is 0 Å². The molecule has 3 nitrogen and oxygen atoms in total. The number of halogens is 1. The first-order valence-electron chi connectivity index (χ1n) is 6.06. The molecule has 2 heterocycles. The predicted molar refractivity (Wildman–Crippen MR) is 69.8 cm³/mol. The number of rotatable bonds is 1. The fraction of sp³-hybridized carbons (Fsp3) is 0.538. The summed E-state index contributed by atoms with van der Waals surface area (Å²) in [5.41, 5.74) is 2.65. The van der Waals surface area contributed by atoms with E-state index in [2.05, 4.69) is 34.2 Å². The molecule has 1 aromatic carbocycles. The molecule has 4 heteroatoms. The molecule has 1 saturated heterocycles. The Hall–Kier alpha value is -0.740. The number of ether oxygens (including phenoxy) is 2. The highest BCUT2D eigenvalue weighted by Crippen LogP contribution is 2.45. The van der Waals surface area contributed by atoms with Gasteiger partial charge >= 0.3 is 0 Å². The quantitative estimate of drug-likeness (QED) is 0.864. The number of fused-ring (bicyclic) bond motifs is 1. The lowest BCUT2D eigenvalue weighted by atomic mass is 9.87. The van der Waals surface area contributed by atoms with Crippen LogP contribution in [-0.2, 0) is 0 Å². The molecule has 0 saturated carbocycles. The van der Waals surface area contributed by atoms with Gasteiger partial charge in [-0.1, -0.05) is 0 Å². The van der Waals surface area contributed by atoms with Gasteiger partial charge in [-0.25, -0.2) is 0 Å². The summed E-state index contributed by atoms with van der Waals surface area (Å²) in [5, 5.41) is 3.40. The predicted octanol–water partition coefficient (Wildman–Crippen LogP) is 2.95. The minimum atomic E-state index is 0.338. The van der Waals surface area contributed by atoms with Gasteiger partial charge in [0.2, 0.25) is 6.79 Å². The van der Waals surface area contributed by atoms with E-state index >= 15 is 0 Å². The lowest BCUT2D eigenvalue weighted by Crippen LogP contribution is -2.27. The van der Waals surface area contributed by atoms with Crippen LogP contribution in [-0.4, -0.2) is 19.9 Å². The van der Waals surface area contributed by atoms with E-state index in [-0.39, 0.29) is 0 Å². The van der Waals surface area contributed by atoms with Gasteiger partial charge in [0.1, 0.15) is 0 Å². The SMILES string of the molecule is Cc1c(C2CCNCC2)cc(Br)c2c1OCO2. The molecule has 17 heavy (non-hydrogen) atoms. The van der Waals surface area contributed by atoms with Gasteiger partial charge in [-0.2, -0.15) is 0 Å². The Labute approximate surface area is 110 Å². The molecule has 0 aliphatic carbocycles. The summed E-state index contributed by atoms with van der Waals surface area (Å²) in [6.45, 7) is 4.69. The molecule has 0 unspecified atom stereocenters. The Morgan fingerprint density at radius 3 is 2.71 bits per heavy atom. The van der Waals surface area contributed by atoms with E-state index in [0.29, 0.717) is 12.7 Å². The number of hydrogen-bond acceptors (Lipinski definition) is 3. The molecule has 1 N–H and O–H groups in total. The van der Waals surface area contributed by atoms with Crippen LogP contribution < -0.4 is 14.8 Å². The topological polar surface area (TPSA) is 30.5 Å². The monoisotopic (exact) mass is 297 g/mol. The summed E-state index contributed by atoms with van der Waals surface area (Å²) in [4.78, 5) is 0. The van der Waals surface area contributed by atoms with Crippen LogP contribution >= 0.6 is 15.9 Å². The van der Waals surface area contributed by atoms with E-state index in [4.69, 9.17) is 9.47 Å². The fourth-order valence-corrected chi connectivity index (χ4v) is 3.27. The zero-order valence-corrected chi connectivity index (χ0v) is 11.5. The third-order valence-electron chi connectivity index (χ3n) is 3.66. The fourth-order valence-electron chi connectivity index (χ4n) is 2.73. The third-order valence-corrected chi connectivity index (χ3v) is 4.25. The van der Waals surface area contributed by atoms with Crippen LogP contribution in [0.4, 0.5) is 0 Å². The molecule has 0 spiro atoms. The lowest BCUT2D eigenvalue weighted by molar-refractivity contribution is 0.173. The minimum absolute atomic E-state index is 0.338. The van der Waals surface area contributed by atoms with E-state index in [1.54, 1.807) is 0 Å². The van der Waals surface area contributed by atoms with Gasteiger partial charge in [0, 0.05) is 0 Å². The van der Waals surface area contributed by atoms with Crippen LogP contribution in [0.3, 0.4) is 0 Å². The van der Waals surface area contributed by atoms with Crippen molar-refractivity contribution in [2.45, 2.75) is 25.7 Å². The summed E-state index contributed by atoms with van der Waals surface area (Å²) >= 11 is 3.58. The second kappa shape index (κ2) is 4.50. The maximum absolute atomic E-state index is 5.57. The standard InChI is InChI=1S/C13H16BrNO2/c1-8-10(9-2-4-15-5-3-9)6-11(14)13-12(8)16-7-17-13/h6,9,15H,2-5,7H2,1H3. The maximum Gasteiger partial charge on any atom is 0.231 e. The highest BCUT2D eigenvalue weighted by Gasteiger charge is 2.26. The number of benzene rings is 1. The Morgan fingerprint density at radius 2 is 1.94 bits per heavy atom. The molecular formula is C13H16BrNO2. The molecule has 0 amide bonds. The van der Waals surface area contributed by atoms with Crippen LogP contribution in [0, 0.1) is 6.92 Å². The Morgan fingerprint density at radius 1 is 1.24 bits per heavy atom. The normalized spacial score (nSPS) is 19.6. The van der Waals surface area contributed by atoms with Crippen LogP contribution in [0.25, 0.3) is 0 Å². The molecule has 1 fully saturated rings. The van der Waals surface area contributed by atoms with E-state index in [1.165, 1.54) is 24.0 Å². The van der Waals surface area contributed by atoms with Crippen molar-refractivity contribution in [1.82, 2.24) is 5.32 Å². The van der Waals surface area contributed by atoms with Gasteiger partial charge < -0.3 is 14.8 Å². The van der Waals surface area contributed by atoms with Gasteiger partial charge in [0.05, 0.1) is 4.47 Å². The van der Waals surface area contributed by atoms with E-state index in [0.717, 1.165) is 29.1 Å². The molecule has 0 aromatic heterocycles. The molecule has 1 aromatic rings. The molecule has 0 bridgehead atoms. The first kappa shape index (κ1) is 11.4. The molecular weight excluding hydrogens is 282 g/mol. The summed E-state index contributed by atoms with van der Waals surface area (Å²) < 4.78 is 12.1. The van der Waals surface area contributed by atoms with Crippen molar-refractivity contribution >= 4 is 15.9 Å². The van der Waals surface area contributed by atoms with Crippen molar-refractivity contribution in [3.8, 4) is 11.5 Å². The highest BCUT2D eigenvalue weighted by molar-refractivity contribution is 9.10. The van der Waals surface area contributed by atoms with Crippen LogP contribution in [0.15, 0.2) is 10.5 Å². The van der Waals surface area contributed by atoms with Gasteiger partial charge in [-0.15, -0.1) is 0 Å². The largest absolute Gasteiger partial charge is 0.453 e. The third kappa shape index (κ3) is 1.93. The van der Waals surface area contributed by atoms with Crippen LogP contribution in [0.5, 0.6) is 11.5 Å². The second-order valence-corrected chi connectivity index (χ2v) is 5.52. The van der Waals surface area contributed by atoms with E-state index in [9.17, 15) is 0 Å². The van der Waals surface area contributed by atoms with E-state index < -0.39 is 0 Å². The first-order chi connectivity index (χ1) is 8.27. The van der Waals surface area contributed by atoms with Gasteiger partial charge in [-0.3, -0.25) is 0 Å². The van der Waals surface area contributed by atoms with Crippen molar-refractivity contribution in [2.24, 2.45) is 0 Å². The average Bonchev–Trinajstić information content (AvgIpc) is 2.85. The lowest BCUT2D eigenvalue weighted by Gasteiger charge is -2.25. The molecule has 92 valence electrons. The van der Waals surface area contributed by atoms with Gasteiger partial charge in [0.15, 0.2) is 11.5 Å². The number of nitrogens with one attached hydrogen (secondary N) is 1. The van der Waals surface area contributed by atoms with Crippen molar-refractivity contribution in [3.63, 3.8) is 0 Å². The van der Waals surface area contributed by atoms with Crippen molar-refractivity contribution in [1.29, 1.82) is 0 Å². The van der Waals surface area contributed by atoms with Crippen molar-refractivity contribution in [2.75, 3.05) is 19.9 Å². The Kier molecular flexibility index (Phi) is 3.01. The van der Waals surface area contributed by atoms with Crippen molar-refractivity contribution in [3.05, 3.63) is 21.7 Å². The summed E-state index contributed by atoms with van der Waals surface area (Å²) in [7, 11) is 0. The molecule has 0 atom stereocenters. The van der Waals surface area contributed by atoms with Crippen LogP contribution in [0.1, 0.15) is 29.9 Å². The number of hydrogen-bond donors (Lipinski definition) is 1. The second-order valence-electron chi connectivity index (χ2n) is 4.66. The maximum atomic E-state index is 5.57. The zero-order chi connectivity index (χ0) is 11.8. The van der Waals surface area contributed by atoms with Crippen molar-refractivity contribution < 1.29 is 9.47 Å². The molecule has 0 radical (unpaired) electrons. The average molecular weight is 298 g/mol. The smallest absolute Gasteiger partial charge is 0.231 e. The molecule has 2 aliphatic rings.